The second-order valence-electron chi connectivity index (χ2n) is 4.45. The summed E-state index contributed by atoms with van der Waals surface area (Å²) >= 11 is 0. The average molecular weight is 265 g/mol. The number of benzene rings is 1. The minimum Gasteiger partial charge on any atom is -0.496 e. The van der Waals surface area contributed by atoms with Crippen molar-refractivity contribution in [2.75, 3.05) is 13.7 Å². The van der Waals surface area contributed by atoms with Gasteiger partial charge < -0.3 is 14.8 Å². The lowest BCUT2D eigenvalue weighted by molar-refractivity contribution is 0.0938. The zero-order valence-corrected chi connectivity index (χ0v) is 12.2. The Kier molecular flexibility index (Phi) is 6.36. The quantitative estimate of drug-likeness (QED) is 0.824. The molecule has 0 heterocycles. The van der Waals surface area contributed by atoms with Gasteiger partial charge in [-0.1, -0.05) is 6.92 Å². The van der Waals surface area contributed by atoms with Crippen molar-refractivity contribution >= 4 is 5.91 Å². The van der Waals surface area contributed by atoms with E-state index in [1.54, 1.807) is 19.2 Å². The monoisotopic (exact) mass is 265 g/mol. The molecule has 0 aliphatic carbocycles. The maximum absolute atomic E-state index is 12.0. The number of carbonyl (C=O) groups is 1. The Labute approximate surface area is 115 Å². The first-order chi connectivity index (χ1) is 9.12. The van der Waals surface area contributed by atoms with Gasteiger partial charge in [-0.3, -0.25) is 4.79 Å². The number of amides is 1. The summed E-state index contributed by atoms with van der Waals surface area (Å²) in [5, 5.41) is 2.95. The summed E-state index contributed by atoms with van der Waals surface area (Å²) in [5.74, 6) is 0.684. The second kappa shape index (κ2) is 7.79. The number of ether oxygens (including phenoxy) is 2. The summed E-state index contributed by atoms with van der Waals surface area (Å²) in [5.41, 5.74) is 1.52. The summed E-state index contributed by atoms with van der Waals surface area (Å²) in [6.07, 6.45) is 0.910. The fourth-order valence-corrected chi connectivity index (χ4v) is 1.65. The van der Waals surface area contributed by atoms with E-state index in [0.717, 1.165) is 17.7 Å². The van der Waals surface area contributed by atoms with Gasteiger partial charge in [-0.2, -0.15) is 0 Å². The molecule has 0 unspecified atom stereocenters. The van der Waals surface area contributed by atoms with Crippen LogP contribution in [0.5, 0.6) is 5.75 Å². The van der Waals surface area contributed by atoms with Gasteiger partial charge >= 0.3 is 0 Å². The zero-order valence-electron chi connectivity index (χ0n) is 12.2. The third kappa shape index (κ3) is 4.56. The molecule has 0 fully saturated rings. The SMILES string of the molecule is CCOCc1cc(C(=O)N[C@@H](C)CC)ccc1OC. The molecule has 0 aromatic heterocycles. The van der Waals surface area contributed by atoms with Gasteiger partial charge in [-0.05, 0) is 38.5 Å². The van der Waals surface area contributed by atoms with Gasteiger partial charge in [0.15, 0.2) is 0 Å². The van der Waals surface area contributed by atoms with Crippen LogP contribution < -0.4 is 10.1 Å². The lowest BCUT2D eigenvalue weighted by Crippen LogP contribution is -2.31. The molecule has 1 atom stereocenters. The molecule has 0 saturated carbocycles. The van der Waals surface area contributed by atoms with Crippen molar-refractivity contribution in [1.82, 2.24) is 5.32 Å². The van der Waals surface area contributed by atoms with Crippen molar-refractivity contribution in [3.05, 3.63) is 29.3 Å². The summed E-state index contributed by atoms with van der Waals surface area (Å²) < 4.78 is 10.7. The highest BCUT2D eigenvalue weighted by Gasteiger charge is 2.11. The Morgan fingerprint density at radius 1 is 1.37 bits per heavy atom. The number of hydrogen-bond donors (Lipinski definition) is 1. The minimum atomic E-state index is -0.0604. The molecule has 0 bridgehead atoms. The predicted octanol–water partition coefficient (Wildman–Crippen LogP) is 2.76. The maximum Gasteiger partial charge on any atom is 0.251 e. The van der Waals surface area contributed by atoms with Crippen LogP contribution >= 0.6 is 0 Å². The van der Waals surface area contributed by atoms with Gasteiger partial charge in [-0.25, -0.2) is 0 Å². The van der Waals surface area contributed by atoms with Crippen molar-refractivity contribution < 1.29 is 14.3 Å². The minimum absolute atomic E-state index is 0.0604. The number of carbonyl (C=O) groups excluding carboxylic acids is 1. The molecule has 1 rings (SSSR count). The van der Waals surface area contributed by atoms with E-state index >= 15 is 0 Å². The smallest absolute Gasteiger partial charge is 0.251 e. The van der Waals surface area contributed by atoms with Crippen LogP contribution in [-0.4, -0.2) is 25.7 Å². The van der Waals surface area contributed by atoms with Crippen LogP contribution in [0.15, 0.2) is 18.2 Å². The van der Waals surface area contributed by atoms with Crippen LogP contribution in [0.25, 0.3) is 0 Å². The Bertz CT molecular complexity index is 418. The summed E-state index contributed by atoms with van der Waals surface area (Å²) in [6.45, 7) is 7.05. The second-order valence-corrected chi connectivity index (χ2v) is 4.45. The van der Waals surface area contributed by atoms with Gasteiger partial charge in [0.05, 0.1) is 13.7 Å². The fourth-order valence-electron chi connectivity index (χ4n) is 1.65. The summed E-state index contributed by atoms with van der Waals surface area (Å²) in [6, 6.07) is 5.57. The van der Waals surface area contributed by atoms with Crippen LogP contribution in [0.3, 0.4) is 0 Å². The van der Waals surface area contributed by atoms with Crippen LogP contribution in [0, 0.1) is 0 Å². The first-order valence-corrected chi connectivity index (χ1v) is 6.67. The molecule has 0 aliphatic heterocycles. The van der Waals surface area contributed by atoms with E-state index in [-0.39, 0.29) is 11.9 Å². The van der Waals surface area contributed by atoms with Gasteiger partial charge in [0.1, 0.15) is 5.75 Å². The van der Waals surface area contributed by atoms with E-state index in [9.17, 15) is 4.79 Å². The third-order valence-corrected chi connectivity index (χ3v) is 2.99. The summed E-state index contributed by atoms with van der Waals surface area (Å²) in [7, 11) is 1.61. The highest BCUT2D eigenvalue weighted by molar-refractivity contribution is 5.94. The molecule has 1 aromatic carbocycles. The lowest BCUT2D eigenvalue weighted by Gasteiger charge is -2.13. The molecule has 4 heteroatoms. The molecule has 0 aliphatic rings. The van der Waals surface area contributed by atoms with Crippen LogP contribution in [0.2, 0.25) is 0 Å². The molecule has 0 radical (unpaired) electrons. The predicted molar refractivity (Wildman–Crippen MR) is 75.5 cm³/mol. The maximum atomic E-state index is 12.0. The Hall–Kier alpha value is -1.55. The topological polar surface area (TPSA) is 47.6 Å². The normalized spacial score (nSPS) is 12.0. The lowest BCUT2D eigenvalue weighted by atomic mass is 10.1. The van der Waals surface area contributed by atoms with Gasteiger partial charge in [0.25, 0.3) is 5.91 Å². The van der Waals surface area contributed by atoms with Crippen LogP contribution in [-0.2, 0) is 11.3 Å². The molecule has 19 heavy (non-hydrogen) atoms. The van der Waals surface area contributed by atoms with Gasteiger partial charge in [0.2, 0.25) is 0 Å². The molecule has 1 N–H and O–H groups in total. The third-order valence-electron chi connectivity index (χ3n) is 2.99. The molecular weight excluding hydrogens is 242 g/mol. The molecule has 0 saturated heterocycles. The highest BCUT2D eigenvalue weighted by Crippen LogP contribution is 2.21. The Morgan fingerprint density at radius 3 is 2.68 bits per heavy atom. The van der Waals surface area contributed by atoms with Crippen molar-refractivity contribution in [3.8, 4) is 5.75 Å². The van der Waals surface area contributed by atoms with Crippen LogP contribution in [0.1, 0.15) is 43.1 Å². The Morgan fingerprint density at radius 2 is 2.11 bits per heavy atom. The Balaban J connectivity index is 2.87. The molecule has 4 nitrogen and oxygen atoms in total. The van der Waals surface area contributed by atoms with Crippen molar-refractivity contribution in [2.45, 2.75) is 39.8 Å². The van der Waals surface area contributed by atoms with Crippen LogP contribution in [0.4, 0.5) is 0 Å². The fraction of sp³-hybridized carbons (Fsp3) is 0.533. The van der Waals surface area contributed by atoms with Crippen molar-refractivity contribution in [3.63, 3.8) is 0 Å². The molecule has 1 aromatic rings. The van der Waals surface area contributed by atoms with E-state index < -0.39 is 0 Å². The first-order valence-electron chi connectivity index (χ1n) is 6.67. The van der Waals surface area contributed by atoms with Crippen molar-refractivity contribution in [1.29, 1.82) is 0 Å². The first kappa shape index (κ1) is 15.5. The number of methoxy groups -OCH3 is 1. The molecule has 106 valence electrons. The number of nitrogens with one attached hydrogen (secondary N) is 1. The highest BCUT2D eigenvalue weighted by atomic mass is 16.5. The van der Waals surface area contributed by atoms with E-state index in [1.165, 1.54) is 0 Å². The van der Waals surface area contributed by atoms with E-state index in [2.05, 4.69) is 5.32 Å². The summed E-state index contributed by atoms with van der Waals surface area (Å²) in [4.78, 5) is 12.0. The van der Waals surface area contributed by atoms with E-state index in [0.29, 0.717) is 18.8 Å². The molecule has 0 spiro atoms. The number of hydrogen-bond acceptors (Lipinski definition) is 3. The standard InChI is InChI=1S/C15H23NO3/c1-5-11(3)16-15(17)12-7-8-14(18-4)13(9-12)10-19-6-2/h7-9,11H,5-6,10H2,1-4H3,(H,16,17)/t11-/m0/s1. The van der Waals surface area contributed by atoms with E-state index in [1.807, 2.05) is 26.8 Å². The van der Waals surface area contributed by atoms with Gasteiger partial charge in [0, 0.05) is 23.8 Å². The van der Waals surface area contributed by atoms with Gasteiger partial charge in [-0.15, -0.1) is 0 Å². The average Bonchev–Trinajstić information content (AvgIpc) is 2.44. The van der Waals surface area contributed by atoms with E-state index in [4.69, 9.17) is 9.47 Å². The van der Waals surface area contributed by atoms with Crippen molar-refractivity contribution in [2.24, 2.45) is 0 Å². The zero-order chi connectivity index (χ0) is 14.3. The molecule has 1 amide bonds. The molecular formula is C15H23NO3. The largest absolute Gasteiger partial charge is 0.496 e. The number of rotatable bonds is 7.